The first-order valence-electron chi connectivity index (χ1n) is 5.81. The largest absolute Gasteiger partial charge is 0.469 e. The number of methoxy groups -OCH3 is 1. The van der Waals surface area contributed by atoms with Gasteiger partial charge in [0.1, 0.15) is 0 Å². The first-order valence-corrected chi connectivity index (χ1v) is 7.25. The quantitative estimate of drug-likeness (QED) is 0.450. The molecule has 0 aliphatic carbocycles. The van der Waals surface area contributed by atoms with Gasteiger partial charge >= 0.3 is 16.2 Å². The molecule has 0 aliphatic rings. The zero-order valence-electron chi connectivity index (χ0n) is 11.5. The van der Waals surface area contributed by atoms with Gasteiger partial charge in [0.25, 0.3) is 5.69 Å². The van der Waals surface area contributed by atoms with Crippen LogP contribution in [0, 0.1) is 10.1 Å². The summed E-state index contributed by atoms with van der Waals surface area (Å²) in [6.07, 6.45) is -0.0752. The molecule has 0 spiro atoms. The predicted molar refractivity (Wildman–Crippen MR) is 74.9 cm³/mol. The van der Waals surface area contributed by atoms with E-state index in [0.29, 0.717) is 0 Å². The van der Waals surface area contributed by atoms with E-state index in [2.05, 4.69) is 9.46 Å². The molecule has 0 amide bonds. The summed E-state index contributed by atoms with van der Waals surface area (Å²) in [6.45, 7) is -0.0466. The van der Waals surface area contributed by atoms with E-state index in [9.17, 15) is 23.3 Å². The van der Waals surface area contributed by atoms with E-state index < -0.39 is 21.1 Å². The smallest absolute Gasteiger partial charge is 0.306 e. The number of nitro benzene ring substituents is 1. The number of carbonyl (C=O) groups is 1. The first kappa shape index (κ1) is 16.9. The number of anilines is 1. The summed E-state index contributed by atoms with van der Waals surface area (Å²) in [6, 6.07) is 4.94. The lowest BCUT2D eigenvalue weighted by molar-refractivity contribution is -0.384. The highest BCUT2D eigenvalue weighted by Crippen LogP contribution is 2.17. The molecule has 0 saturated carbocycles. The number of rotatable bonds is 7. The number of nitro groups is 1. The van der Waals surface area contributed by atoms with E-state index in [4.69, 9.17) is 0 Å². The van der Waals surface area contributed by atoms with Gasteiger partial charge in [0, 0.05) is 25.7 Å². The molecule has 116 valence electrons. The monoisotopic (exact) mass is 317 g/mol. The van der Waals surface area contributed by atoms with Crippen molar-refractivity contribution < 1.29 is 22.9 Å². The van der Waals surface area contributed by atoms with Gasteiger partial charge in [-0.1, -0.05) is 0 Å². The van der Waals surface area contributed by atoms with Crippen LogP contribution in [0.1, 0.15) is 6.42 Å². The number of hydrogen-bond acceptors (Lipinski definition) is 6. The Hall–Kier alpha value is -2.20. The van der Waals surface area contributed by atoms with Crippen LogP contribution in [0.15, 0.2) is 24.3 Å². The summed E-state index contributed by atoms with van der Waals surface area (Å²) < 4.78 is 31.5. The highest BCUT2D eigenvalue weighted by Gasteiger charge is 2.19. The van der Waals surface area contributed by atoms with Crippen LogP contribution >= 0.6 is 0 Å². The van der Waals surface area contributed by atoms with Crippen molar-refractivity contribution in [1.82, 2.24) is 4.31 Å². The normalized spacial score (nSPS) is 11.2. The fraction of sp³-hybridized carbons (Fsp3) is 0.364. The molecular weight excluding hydrogens is 302 g/mol. The lowest BCUT2D eigenvalue weighted by Crippen LogP contribution is -2.34. The molecule has 0 fully saturated rings. The number of nitrogens with one attached hydrogen (secondary N) is 1. The van der Waals surface area contributed by atoms with Crippen molar-refractivity contribution in [2.75, 3.05) is 25.4 Å². The lowest BCUT2D eigenvalue weighted by Gasteiger charge is -2.17. The highest BCUT2D eigenvalue weighted by atomic mass is 32.2. The summed E-state index contributed by atoms with van der Waals surface area (Å²) in [4.78, 5) is 20.9. The van der Waals surface area contributed by atoms with Crippen molar-refractivity contribution in [3.05, 3.63) is 34.4 Å². The topological polar surface area (TPSA) is 119 Å². The Balaban J connectivity index is 2.70. The molecule has 0 atom stereocenters. The van der Waals surface area contributed by atoms with Crippen LogP contribution in [-0.2, 0) is 19.7 Å². The number of benzene rings is 1. The first-order chi connectivity index (χ1) is 9.76. The fourth-order valence-corrected chi connectivity index (χ4v) is 2.27. The van der Waals surface area contributed by atoms with Crippen molar-refractivity contribution in [1.29, 1.82) is 0 Å². The van der Waals surface area contributed by atoms with Gasteiger partial charge in [0.05, 0.1) is 24.1 Å². The molecule has 0 aromatic heterocycles. The second-order valence-electron chi connectivity index (χ2n) is 4.06. The summed E-state index contributed by atoms with van der Waals surface area (Å²) >= 11 is 0. The Morgan fingerprint density at radius 2 is 1.95 bits per heavy atom. The molecule has 10 heteroatoms. The molecule has 1 aromatic carbocycles. The van der Waals surface area contributed by atoms with Crippen LogP contribution < -0.4 is 4.72 Å². The van der Waals surface area contributed by atoms with Crippen LogP contribution in [0.2, 0.25) is 0 Å². The zero-order valence-corrected chi connectivity index (χ0v) is 12.3. The van der Waals surface area contributed by atoms with Crippen LogP contribution in [-0.4, -0.2) is 44.3 Å². The number of ether oxygens (including phenoxy) is 1. The SMILES string of the molecule is COC(=O)CCN(C)S(=O)(=O)Nc1ccc([N+](=O)[O-])cc1. The van der Waals surface area contributed by atoms with Crippen molar-refractivity contribution in [2.45, 2.75) is 6.42 Å². The molecule has 1 N–H and O–H groups in total. The van der Waals surface area contributed by atoms with E-state index in [1.54, 1.807) is 0 Å². The Morgan fingerprint density at radius 1 is 1.38 bits per heavy atom. The summed E-state index contributed by atoms with van der Waals surface area (Å²) in [5.41, 5.74) is 0.0440. The molecule has 0 unspecified atom stereocenters. The Morgan fingerprint density at radius 3 is 2.43 bits per heavy atom. The minimum absolute atomic E-state index is 0.0466. The Bertz CT molecular complexity index is 613. The average molecular weight is 317 g/mol. The van der Waals surface area contributed by atoms with Crippen molar-refractivity contribution in [3.63, 3.8) is 0 Å². The third-order valence-electron chi connectivity index (χ3n) is 2.59. The molecule has 1 aromatic rings. The second kappa shape index (κ2) is 6.99. The lowest BCUT2D eigenvalue weighted by atomic mass is 10.3. The third-order valence-corrected chi connectivity index (χ3v) is 4.09. The van der Waals surface area contributed by atoms with Crippen LogP contribution in [0.3, 0.4) is 0 Å². The number of carbonyl (C=O) groups excluding carboxylic acids is 1. The van der Waals surface area contributed by atoms with Gasteiger partial charge in [-0.2, -0.15) is 12.7 Å². The molecular formula is C11H15N3O6S. The number of hydrogen-bond donors (Lipinski definition) is 1. The molecule has 0 saturated heterocycles. The molecule has 0 heterocycles. The van der Waals surface area contributed by atoms with Gasteiger partial charge < -0.3 is 4.74 Å². The van der Waals surface area contributed by atoms with Gasteiger partial charge in [-0.3, -0.25) is 19.6 Å². The standard InChI is InChI=1S/C11H15N3O6S/c1-13(8-7-11(15)20-2)21(18,19)12-9-3-5-10(6-4-9)14(16)17/h3-6,12H,7-8H2,1-2H3. The minimum Gasteiger partial charge on any atom is -0.469 e. The number of nitrogens with zero attached hydrogens (tertiary/aromatic N) is 2. The van der Waals surface area contributed by atoms with Crippen LogP contribution in [0.25, 0.3) is 0 Å². The molecule has 1 rings (SSSR count). The molecule has 21 heavy (non-hydrogen) atoms. The average Bonchev–Trinajstić information content (AvgIpc) is 2.44. The van der Waals surface area contributed by atoms with E-state index in [-0.39, 0.29) is 24.3 Å². The van der Waals surface area contributed by atoms with Crippen LogP contribution in [0.5, 0.6) is 0 Å². The van der Waals surface area contributed by atoms with Crippen molar-refractivity contribution in [3.8, 4) is 0 Å². The zero-order chi connectivity index (χ0) is 16.0. The number of esters is 1. The molecule has 0 bridgehead atoms. The maximum Gasteiger partial charge on any atom is 0.306 e. The van der Waals surface area contributed by atoms with Gasteiger partial charge in [0.15, 0.2) is 0 Å². The molecule has 0 aliphatic heterocycles. The van der Waals surface area contributed by atoms with E-state index >= 15 is 0 Å². The third kappa shape index (κ3) is 5.00. The van der Waals surface area contributed by atoms with Crippen LogP contribution in [0.4, 0.5) is 11.4 Å². The minimum atomic E-state index is -3.84. The Kier molecular flexibility index (Phi) is 5.61. The van der Waals surface area contributed by atoms with Gasteiger partial charge in [-0.15, -0.1) is 0 Å². The predicted octanol–water partition coefficient (Wildman–Crippen LogP) is 0.746. The Labute approximate surface area is 121 Å². The van der Waals surface area contributed by atoms with E-state index in [0.717, 1.165) is 4.31 Å². The highest BCUT2D eigenvalue weighted by molar-refractivity contribution is 7.90. The summed E-state index contributed by atoms with van der Waals surface area (Å²) in [7, 11) is -1.33. The van der Waals surface area contributed by atoms with Crippen molar-refractivity contribution in [2.24, 2.45) is 0 Å². The maximum atomic E-state index is 11.9. The van der Waals surface area contributed by atoms with Gasteiger partial charge in [-0.05, 0) is 12.1 Å². The maximum absolute atomic E-state index is 11.9. The molecule has 0 radical (unpaired) electrons. The van der Waals surface area contributed by atoms with Gasteiger partial charge in [-0.25, -0.2) is 0 Å². The number of non-ortho nitro benzene ring substituents is 1. The van der Waals surface area contributed by atoms with Gasteiger partial charge in [0.2, 0.25) is 0 Å². The van der Waals surface area contributed by atoms with E-state index in [1.165, 1.54) is 38.4 Å². The fourth-order valence-electron chi connectivity index (χ4n) is 1.35. The van der Waals surface area contributed by atoms with E-state index in [1.807, 2.05) is 0 Å². The van der Waals surface area contributed by atoms with Crippen molar-refractivity contribution >= 4 is 27.6 Å². The molecule has 9 nitrogen and oxygen atoms in total. The second-order valence-corrected chi connectivity index (χ2v) is 5.84. The summed E-state index contributed by atoms with van der Waals surface area (Å²) in [5, 5.41) is 10.5. The summed E-state index contributed by atoms with van der Waals surface area (Å²) in [5.74, 6) is -0.521.